The van der Waals surface area contributed by atoms with Crippen LogP contribution in [0.15, 0.2) is 27.6 Å². The standard InChI is InChI=1S/C9H11BrO3S/c1-6(11)7-3-4-9(8(10)5-7)14(2,12)13/h3-6,11H,1-2H3. The molecule has 0 amide bonds. The lowest BCUT2D eigenvalue weighted by molar-refractivity contribution is 0.199. The Hall–Kier alpha value is -0.390. The van der Waals surface area contributed by atoms with Gasteiger partial charge in [0.2, 0.25) is 0 Å². The minimum Gasteiger partial charge on any atom is -0.389 e. The summed E-state index contributed by atoms with van der Waals surface area (Å²) in [5, 5.41) is 9.27. The Kier molecular flexibility index (Phi) is 3.34. The Bertz CT molecular complexity index is 437. The van der Waals surface area contributed by atoms with Crippen molar-refractivity contribution in [3.63, 3.8) is 0 Å². The van der Waals surface area contributed by atoms with Gasteiger partial charge in [-0.25, -0.2) is 8.42 Å². The van der Waals surface area contributed by atoms with E-state index in [9.17, 15) is 13.5 Å². The van der Waals surface area contributed by atoms with Gasteiger partial charge >= 0.3 is 0 Å². The maximum absolute atomic E-state index is 11.2. The zero-order chi connectivity index (χ0) is 10.9. The maximum Gasteiger partial charge on any atom is 0.176 e. The van der Waals surface area contributed by atoms with Gasteiger partial charge in [-0.1, -0.05) is 6.07 Å². The van der Waals surface area contributed by atoms with Crippen molar-refractivity contribution in [2.75, 3.05) is 6.26 Å². The SMILES string of the molecule is CC(O)c1ccc(S(C)(=O)=O)c(Br)c1. The number of halogens is 1. The first-order chi connectivity index (χ1) is 6.32. The Morgan fingerprint density at radius 3 is 2.36 bits per heavy atom. The molecule has 0 aliphatic rings. The van der Waals surface area contributed by atoms with E-state index in [1.54, 1.807) is 19.1 Å². The van der Waals surface area contributed by atoms with E-state index in [0.29, 0.717) is 10.0 Å². The van der Waals surface area contributed by atoms with Gasteiger partial charge in [-0.3, -0.25) is 0 Å². The molecule has 3 nitrogen and oxygen atoms in total. The van der Waals surface area contributed by atoms with Crippen molar-refractivity contribution in [2.45, 2.75) is 17.9 Å². The Morgan fingerprint density at radius 2 is 2.00 bits per heavy atom. The van der Waals surface area contributed by atoms with Gasteiger partial charge in [-0.15, -0.1) is 0 Å². The number of benzene rings is 1. The molecule has 0 fully saturated rings. The minimum absolute atomic E-state index is 0.238. The van der Waals surface area contributed by atoms with Crippen LogP contribution < -0.4 is 0 Å². The summed E-state index contributed by atoms with van der Waals surface area (Å²) >= 11 is 3.16. The van der Waals surface area contributed by atoms with Crippen molar-refractivity contribution >= 4 is 25.8 Å². The van der Waals surface area contributed by atoms with Crippen molar-refractivity contribution in [1.29, 1.82) is 0 Å². The van der Waals surface area contributed by atoms with Crippen LogP contribution >= 0.6 is 15.9 Å². The Balaban J connectivity index is 3.28. The molecule has 0 saturated carbocycles. The van der Waals surface area contributed by atoms with Crippen molar-refractivity contribution in [2.24, 2.45) is 0 Å². The monoisotopic (exact) mass is 278 g/mol. The molecule has 14 heavy (non-hydrogen) atoms. The Morgan fingerprint density at radius 1 is 1.43 bits per heavy atom. The zero-order valence-electron chi connectivity index (χ0n) is 7.86. The van der Waals surface area contributed by atoms with E-state index in [2.05, 4.69) is 15.9 Å². The second kappa shape index (κ2) is 4.00. The molecule has 0 aliphatic heterocycles. The van der Waals surface area contributed by atoms with Gasteiger partial charge in [-0.05, 0) is 40.5 Å². The van der Waals surface area contributed by atoms with Crippen LogP contribution in [-0.2, 0) is 9.84 Å². The molecule has 1 N–H and O–H groups in total. The third-order valence-corrected chi connectivity index (χ3v) is 3.91. The first-order valence-corrected chi connectivity index (χ1v) is 6.68. The normalized spacial score (nSPS) is 14.0. The van der Waals surface area contributed by atoms with Gasteiger partial charge in [0, 0.05) is 10.7 Å². The fourth-order valence-corrected chi connectivity index (χ4v) is 3.08. The summed E-state index contributed by atoms with van der Waals surface area (Å²) in [6.07, 6.45) is 0.551. The third kappa shape index (κ3) is 2.56. The lowest BCUT2D eigenvalue weighted by Gasteiger charge is -2.07. The molecule has 0 aromatic heterocycles. The predicted molar refractivity (Wildman–Crippen MR) is 57.9 cm³/mol. The van der Waals surface area contributed by atoms with Gasteiger partial charge in [0.1, 0.15) is 0 Å². The fourth-order valence-electron chi connectivity index (χ4n) is 1.08. The summed E-state index contributed by atoms with van der Waals surface area (Å²) in [6, 6.07) is 4.70. The summed E-state index contributed by atoms with van der Waals surface area (Å²) in [7, 11) is -3.20. The molecule has 0 saturated heterocycles. The van der Waals surface area contributed by atoms with Gasteiger partial charge in [0.15, 0.2) is 9.84 Å². The number of hydrogen-bond acceptors (Lipinski definition) is 3. The third-order valence-electron chi connectivity index (χ3n) is 1.84. The number of sulfone groups is 1. The van der Waals surface area contributed by atoms with Crippen LogP contribution in [0.25, 0.3) is 0 Å². The van der Waals surface area contributed by atoms with Crippen molar-refractivity contribution in [1.82, 2.24) is 0 Å². The molecular formula is C9H11BrO3S. The minimum atomic E-state index is -3.20. The van der Waals surface area contributed by atoms with Gasteiger partial charge in [-0.2, -0.15) is 0 Å². The summed E-state index contributed by atoms with van der Waals surface area (Å²) in [5.41, 5.74) is 0.685. The smallest absolute Gasteiger partial charge is 0.176 e. The van der Waals surface area contributed by atoms with E-state index in [1.165, 1.54) is 6.07 Å². The molecule has 0 heterocycles. The molecule has 0 aliphatic carbocycles. The summed E-state index contributed by atoms with van der Waals surface area (Å²) in [4.78, 5) is 0.238. The molecule has 1 unspecified atom stereocenters. The first kappa shape index (κ1) is 11.7. The van der Waals surface area contributed by atoms with Crippen LogP contribution in [0.3, 0.4) is 0 Å². The lowest BCUT2D eigenvalue weighted by atomic mass is 10.1. The average Bonchev–Trinajstić information content (AvgIpc) is 2.01. The highest BCUT2D eigenvalue weighted by Gasteiger charge is 2.12. The van der Waals surface area contributed by atoms with Gasteiger partial charge in [0.05, 0.1) is 11.0 Å². The maximum atomic E-state index is 11.2. The molecule has 0 spiro atoms. The molecule has 0 radical (unpaired) electrons. The number of aliphatic hydroxyl groups is 1. The van der Waals surface area contributed by atoms with Crippen LogP contribution in [0.1, 0.15) is 18.6 Å². The number of rotatable bonds is 2. The topological polar surface area (TPSA) is 54.4 Å². The number of hydrogen-bond donors (Lipinski definition) is 1. The van der Waals surface area contributed by atoms with Crippen molar-refractivity contribution < 1.29 is 13.5 Å². The summed E-state index contributed by atoms with van der Waals surface area (Å²) in [6.45, 7) is 1.63. The largest absolute Gasteiger partial charge is 0.389 e. The highest BCUT2D eigenvalue weighted by Crippen LogP contribution is 2.25. The molecule has 1 aromatic carbocycles. The van der Waals surface area contributed by atoms with Crippen LogP contribution in [0.4, 0.5) is 0 Å². The second-order valence-corrected chi connectivity index (χ2v) is 5.98. The summed E-state index contributed by atoms with van der Waals surface area (Å²) in [5.74, 6) is 0. The Labute approximate surface area is 91.8 Å². The molecule has 78 valence electrons. The average molecular weight is 279 g/mol. The van der Waals surface area contributed by atoms with Gasteiger partial charge in [0.25, 0.3) is 0 Å². The molecular weight excluding hydrogens is 268 g/mol. The van der Waals surface area contributed by atoms with Crippen molar-refractivity contribution in [3.8, 4) is 0 Å². The van der Waals surface area contributed by atoms with Crippen LogP contribution in [0.5, 0.6) is 0 Å². The predicted octanol–water partition coefficient (Wildman–Crippen LogP) is 1.91. The van der Waals surface area contributed by atoms with Gasteiger partial charge < -0.3 is 5.11 Å². The number of aliphatic hydroxyl groups excluding tert-OH is 1. The highest BCUT2D eigenvalue weighted by atomic mass is 79.9. The lowest BCUT2D eigenvalue weighted by Crippen LogP contribution is -2.00. The second-order valence-electron chi connectivity index (χ2n) is 3.14. The van der Waals surface area contributed by atoms with E-state index in [4.69, 9.17) is 0 Å². The van der Waals surface area contributed by atoms with Crippen molar-refractivity contribution in [3.05, 3.63) is 28.2 Å². The first-order valence-electron chi connectivity index (χ1n) is 4.00. The van der Waals surface area contributed by atoms with Crippen LogP contribution in [-0.4, -0.2) is 19.8 Å². The van der Waals surface area contributed by atoms with E-state index >= 15 is 0 Å². The van der Waals surface area contributed by atoms with Crippen LogP contribution in [0.2, 0.25) is 0 Å². The van der Waals surface area contributed by atoms with E-state index < -0.39 is 15.9 Å². The van der Waals surface area contributed by atoms with E-state index in [1.807, 2.05) is 0 Å². The molecule has 5 heteroatoms. The van der Waals surface area contributed by atoms with E-state index in [0.717, 1.165) is 6.26 Å². The zero-order valence-corrected chi connectivity index (χ0v) is 10.3. The summed E-state index contributed by atoms with van der Waals surface area (Å²) < 4.78 is 23.0. The molecule has 1 atom stereocenters. The molecule has 1 rings (SSSR count). The van der Waals surface area contributed by atoms with E-state index in [-0.39, 0.29) is 4.90 Å². The quantitative estimate of drug-likeness (QED) is 0.899. The van der Waals surface area contributed by atoms with Crippen LogP contribution in [0, 0.1) is 0 Å². The fraction of sp³-hybridized carbons (Fsp3) is 0.333. The molecule has 0 bridgehead atoms. The highest BCUT2D eigenvalue weighted by molar-refractivity contribution is 9.10. The molecule has 1 aromatic rings.